The van der Waals surface area contributed by atoms with E-state index in [0.29, 0.717) is 12.1 Å². The first kappa shape index (κ1) is 13.1. The predicted molar refractivity (Wildman–Crippen MR) is 65.5 cm³/mol. The number of hydrogen-bond acceptors (Lipinski definition) is 4. The Kier molecular flexibility index (Phi) is 4.78. The molecule has 18 heavy (non-hydrogen) atoms. The van der Waals surface area contributed by atoms with Gasteiger partial charge in [0.25, 0.3) is 0 Å². The molecule has 1 aliphatic rings. The lowest BCUT2D eigenvalue weighted by Crippen LogP contribution is -2.22. The van der Waals surface area contributed by atoms with Crippen LogP contribution in [0.25, 0.3) is 0 Å². The Bertz CT molecular complexity index is 382. The number of ether oxygens (including phenoxy) is 1. The smallest absolute Gasteiger partial charge is 0.372 e. The molecular weight excluding hydrogens is 234 g/mol. The van der Waals surface area contributed by atoms with Gasteiger partial charge in [-0.25, -0.2) is 4.79 Å². The van der Waals surface area contributed by atoms with Crippen molar-refractivity contribution in [3.05, 3.63) is 23.7 Å². The van der Waals surface area contributed by atoms with Crippen molar-refractivity contribution in [1.29, 1.82) is 0 Å². The summed E-state index contributed by atoms with van der Waals surface area (Å²) in [6.45, 7) is 3.18. The van der Waals surface area contributed by atoms with E-state index in [1.54, 1.807) is 6.07 Å². The molecule has 1 saturated heterocycles. The maximum absolute atomic E-state index is 10.8. The number of carboxylic acid groups (broad SMARTS) is 1. The van der Waals surface area contributed by atoms with E-state index >= 15 is 0 Å². The van der Waals surface area contributed by atoms with Gasteiger partial charge in [0.05, 0.1) is 6.26 Å². The van der Waals surface area contributed by atoms with Crippen LogP contribution in [0.5, 0.6) is 0 Å². The third kappa shape index (κ3) is 3.58. The number of nitrogens with one attached hydrogen (secondary N) is 1. The third-order valence-electron chi connectivity index (χ3n) is 3.33. The van der Waals surface area contributed by atoms with Crippen LogP contribution in [-0.4, -0.2) is 30.8 Å². The van der Waals surface area contributed by atoms with Gasteiger partial charge >= 0.3 is 5.97 Å². The summed E-state index contributed by atoms with van der Waals surface area (Å²) >= 11 is 0. The van der Waals surface area contributed by atoms with E-state index in [1.807, 2.05) is 0 Å². The minimum Gasteiger partial charge on any atom is -0.475 e. The fourth-order valence-corrected chi connectivity index (χ4v) is 2.23. The van der Waals surface area contributed by atoms with Crippen LogP contribution in [0.15, 0.2) is 16.7 Å². The first-order chi connectivity index (χ1) is 8.77. The Morgan fingerprint density at radius 3 is 2.94 bits per heavy atom. The lowest BCUT2D eigenvalue weighted by Gasteiger charge is -2.21. The minimum absolute atomic E-state index is 0.0357. The minimum atomic E-state index is -1.01. The van der Waals surface area contributed by atoms with Crippen LogP contribution in [0.3, 0.4) is 0 Å². The molecule has 0 radical (unpaired) electrons. The van der Waals surface area contributed by atoms with Crippen molar-refractivity contribution in [1.82, 2.24) is 5.32 Å². The summed E-state index contributed by atoms with van der Waals surface area (Å²) in [5.41, 5.74) is 0.703. The quantitative estimate of drug-likeness (QED) is 0.757. The van der Waals surface area contributed by atoms with Crippen molar-refractivity contribution in [3.63, 3.8) is 0 Å². The highest BCUT2D eigenvalue weighted by atomic mass is 16.5. The molecule has 0 unspecified atom stereocenters. The number of rotatable bonds is 6. The zero-order chi connectivity index (χ0) is 12.8. The van der Waals surface area contributed by atoms with Gasteiger partial charge in [-0.1, -0.05) is 0 Å². The number of hydrogen-bond donors (Lipinski definition) is 2. The Morgan fingerprint density at radius 2 is 2.22 bits per heavy atom. The van der Waals surface area contributed by atoms with E-state index in [9.17, 15) is 4.79 Å². The summed E-state index contributed by atoms with van der Waals surface area (Å²) in [6, 6.07) is 1.70. The maximum Gasteiger partial charge on any atom is 0.372 e. The molecule has 5 nitrogen and oxygen atoms in total. The number of carboxylic acids is 1. The van der Waals surface area contributed by atoms with Crippen molar-refractivity contribution in [2.75, 3.05) is 19.8 Å². The van der Waals surface area contributed by atoms with Gasteiger partial charge in [0, 0.05) is 25.3 Å². The average molecular weight is 253 g/mol. The first-order valence-electron chi connectivity index (χ1n) is 6.35. The summed E-state index contributed by atoms with van der Waals surface area (Å²) < 4.78 is 10.2. The largest absolute Gasteiger partial charge is 0.475 e. The summed E-state index contributed by atoms with van der Waals surface area (Å²) in [5.74, 6) is -0.246. The van der Waals surface area contributed by atoms with Crippen LogP contribution in [0.1, 0.15) is 35.4 Å². The normalized spacial score (nSPS) is 16.9. The van der Waals surface area contributed by atoms with Gasteiger partial charge in [0.15, 0.2) is 0 Å². The molecule has 0 amide bonds. The van der Waals surface area contributed by atoms with E-state index < -0.39 is 5.97 Å². The Morgan fingerprint density at radius 1 is 1.44 bits per heavy atom. The van der Waals surface area contributed by atoms with Gasteiger partial charge in [-0.3, -0.25) is 0 Å². The molecule has 2 heterocycles. The monoisotopic (exact) mass is 253 g/mol. The van der Waals surface area contributed by atoms with Gasteiger partial charge in [-0.15, -0.1) is 0 Å². The topological polar surface area (TPSA) is 71.7 Å². The number of furan rings is 1. The maximum atomic E-state index is 10.8. The molecule has 2 rings (SSSR count). The van der Waals surface area contributed by atoms with E-state index in [2.05, 4.69) is 5.32 Å². The Hall–Kier alpha value is -1.33. The molecule has 1 aromatic rings. The van der Waals surface area contributed by atoms with Crippen LogP contribution >= 0.6 is 0 Å². The van der Waals surface area contributed by atoms with Crippen LogP contribution in [0.4, 0.5) is 0 Å². The molecular formula is C13H19NO4. The highest BCUT2D eigenvalue weighted by Crippen LogP contribution is 2.17. The van der Waals surface area contributed by atoms with Gasteiger partial charge in [-0.2, -0.15) is 0 Å². The lowest BCUT2D eigenvalue weighted by atomic mass is 9.97. The number of aromatic carboxylic acids is 1. The molecule has 0 aliphatic carbocycles. The van der Waals surface area contributed by atoms with Crippen LogP contribution in [-0.2, 0) is 11.3 Å². The van der Waals surface area contributed by atoms with Crippen molar-refractivity contribution in [2.24, 2.45) is 5.92 Å². The summed E-state index contributed by atoms with van der Waals surface area (Å²) in [4.78, 5) is 10.8. The van der Waals surface area contributed by atoms with E-state index in [-0.39, 0.29) is 5.76 Å². The van der Waals surface area contributed by atoms with Crippen LogP contribution in [0.2, 0.25) is 0 Å². The summed E-state index contributed by atoms with van der Waals surface area (Å²) in [6.07, 6.45) is 4.80. The predicted octanol–water partition coefficient (Wildman–Crippen LogP) is 1.88. The average Bonchev–Trinajstić information content (AvgIpc) is 2.84. The Labute approximate surface area is 106 Å². The first-order valence-corrected chi connectivity index (χ1v) is 6.35. The highest BCUT2D eigenvalue weighted by molar-refractivity contribution is 5.86. The second kappa shape index (κ2) is 6.56. The van der Waals surface area contributed by atoms with Gasteiger partial charge in [-0.05, 0) is 37.8 Å². The molecule has 100 valence electrons. The summed E-state index contributed by atoms with van der Waals surface area (Å²) in [5, 5.41) is 12.1. The van der Waals surface area contributed by atoms with E-state index in [4.69, 9.17) is 14.3 Å². The number of carbonyl (C=O) groups is 1. The molecule has 0 spiro atoms. The Balaban J connectivity index is 1.68. The van der Waals surface area contributed by atoms with Crippen molar-refractivity contribution >= 4 is 5.97 Å². The SMILES string of the molecule is O=C(O)c1occc1CNCCC1CCOCC1. The van der Waals surface area contributed by atoms with Gasteiger partial charge in [0.1, 0.15) is 0 Å². The highest BCUT2D eigenvalue weighted by Gasteiger charge is 2.15. The molecule has 1 aliphatic heterocycles. The zero-order valence-electron chi connectivity index (χ0n) is 10.4. The van der Waals surface area contributed by atoms with Crippen LogP contribution < -0.4 is 5.32 Å². The lowest BCUT2D eigenvalue weighted by molar-refractivity contribution is 0.0637. The molecule has 5 heteroatoms. The molecule has 0 atom stereocenters. The van der Waals surface area contributed by atoms with E-state index in [0.717, 1.165) is 44.9 Å². The molecule has 1 fully saturated rings. The molecule has 0 saturated carbocycles. The van der Waals surface area contributed by atoms with E-state index in [1.165, 1.54) is 6.26 Å². The molecule has 2 N–H and O–H groups in total. The fourth-order valence-electron chi connectivity index (χ4n) is 2.23. The van der Waals surface area contributed by atoms with Crippen LogP contribution in [0, 0.1) is 5.92 Å². The second-order valence-electron chi connectivity index (χ2n) is 4.60. The van der Waals surface area contributed by atoms with Crippen molar-refractivity contribution in [2.45, 2.75) is 25.8 Å². The van der Waals surface area contributed by atoms with Crippen molar-refractivity contribution in [3.8, 4) is 0 Å². The van der Waals surface area contributed by atoms with Crippen molar-refractivity contribution < 1.29 is 19.1 Å². The summed E-state index contributed by atoms with van der Waals surface area (Å²) in [7, 11) is 0. The fraction of sp³-hybridized carbons (Fsp3) is 0.615. The second-order valence-corrected chi connectivity index (χ2v) is 4.60. The van der Waals surface area contributed by atoms with Gasteiger partial charge < -0.3 is 19.6 Å². The third-order valence-corrected chi connectivity index (χ3v) is 3.33. The standard InChI is InChI=1S/C13H19NO4/c15-13(16)12-11(4-8-18-12)9-14-5-1-10-2-6-17-7-3-10/h4,8,10,14H,1-3,5-7,9H2,(H,15,16). The molecule has 0 bridgehead atoms. The zero-order valence-corrected chi connectivity index (χ0v) is 10.4. The molecule has 0 aromatic carbocycles. The molecule has 1 aromatic heterocycles. The van der Waals surface area contributed by atoms with Gasteiger partial charge in [0.2, 0.25) is 5.76 Å².